The Morgan fingerprint density at radius 2 is 1.71 bits per heavy atom. The number of rotatable bonds is 4. The van der Waals surface area contributed by atoms with Crippen LogP contribution in [-0.2, 0) is 11.2 Å². The lowest BCUT2D eigenvalue weighted by molar-refractivity contribution is -0.115. The van der Waals surface area contributed by atoms with Crippen LogP contribution in [0.2, 0.25) is 10.0 Å². The Morgan fingerprint density at radius 3 is 2.42 bits per heavy atom. The van der Waals surface area contributed by atoms with Gasteiger partial charge in [0.15, 0.2) is 0 Å². The number of anilines is 2. The number of nitrogens with one attached hydrogen (secondary N) is 1. The molecule has 3 rings (SSSR count). The smallest absolute Gasteiger partial charge is 0.228 e. The first-order chi connectivity index (χ1) is 11.6. The van der Waals surface area contributed by atoms with Gasteiger partial charge in [-0.15, -0.1) is 0 Å². The van der Waals surface area contributed by atoms with E-state index < -0.39 is 0 Å². The molecule has 1 fully saturated rings. The summed E-state index contributed by atoms with van der Waals surface area (Å²) in [5, 5.41) is 4.36. The third-order valence-corrected chi connectivity index (χ3v) is 4.77. The van der Waals surface area contributed by atoms with E-state index in [4.69, 9.17) is 23.2 Å². The quantitative estimate of drug-likeness (QED) is 0.813. The molecule has 0 aliphatic carbocycles. The van der Waals surface area contributed by atoms with Gasteiger partial charge in [-0.3, -0.25) is 4.79 Å². The van der Waals surface area contributed by atoms with Gasteiger partial charge in [-0.25, -0.2) is 0 Å². The fourth-order valence-electron chi connectivity index (χ4n) is 3.04. The standard InChI is InChI=1S/C19H20Cl2N2O/c20-15-9-7-14(8-10-15)13-18(24)22-17-6-4-5-16(21)19(17)23-11-2-1-3-12-23/h4-10H,1-3,11-13H2,(H,22,24). The molecule has 1 saturated heterocycles. The van der Waals surface area contributed by atoms with E-state index in [1.807, 2.05) is 30.3 Å². The van der Waals surface area contributed by atoms with Crippen molar-refractivity contribution in [3.05, 3.63) is 58.1 Å². The lowest BCUT2D eigenvalue weighted by Gasteiger charge is -2.31. The predicted molar refractivity (Wildman–Crippen MR) is 101 cm³/mol. The molecule has 1 aliphatic heterocycles. The number of carbonyl (C=O) groups excluding carboxylic acids is 1. The fourth-order valence-corrected chi connectivity index (χ4v) is 3.46. The molecule has 24 heavy (non-hydrogen) atoms. The number of para-hydroxylation sites is 1. The SMILES string of the molecule is O=C(Cc1ccc(Cl)cc1)Nc1cccc(Cl)c1N1CCCCC1. The number of nitrogens with zero attached hydrogens (tertiary/aromatic N) is 1. The summed E-state index contributed by atoms with van der Waals surface area (Å²) in [5.74, 6) is -0.0575. The molecule has 1 amide bonds. The molecule has 0 radical (unpaired) electrons. The first-order valence-corrected chi connectivity index (χ1v) is 8.97. The second-order valence-corrected chi connectivity index (χ2v) is 6.88. The predicted octanol–water partition coefficient (Wildman–Crippen LogP) is 5.16. The second kappa shape index (κ2) is 7.91. The van der Waals surface area contributed by atoms with Crippen LogP contribution >= 0.6 is 23.2 Å². The van der Waals surface area contributed by atoms with Gasteiger partial charge in [0.05, 0.1) is 22.8 Å². The highest BCUT2D eigenvalue weighted by atomic mass is 35.5. The fraction of sp³-hybridized carbons (Fsp3) is 0.316. The average molecular weight is 363 g/mol. The number of piperidine rings is 1. The van der Waals surface area contributed by atoms with E-state index in [9.17, 15) is 4.79 Å². The van der Waals surface area contributed by atoms with E-state index in [2.05, 4.69) is 10.2 Å². The summed E-state index contributed by atoms with van der Waals surface area (Å²) < 4.78 is 0. The van der Waals surface area contributed by atoms with Gasteiger partial charge >= 0.3 is 0 Å². The largest absolute Gasteiger partial charge is 0.369 e. The van der Waals surface area contributed by atoms with Gasteiger partial charge < -0.3 is 10.2 Å². The summed E-state index contributed by atoms with van der Waals surface area (Å²) in [6.07, 6.45) is 3.87. The van der Waals surface area contributed by atoms with Crippen LogP contribution in [-0.4, -0.2) is 19.0 Å². The zero-order valence-electron chi connectivity index (χ0n) is 13.4. The van der Waals surface area contributed by atoms with Crippen molar-refractivity contribution in [2.75, 3.05) is 23.3 Å². The Labute approximate surface area is 152 Å². The minimum Gasteiger partial charge on any atom is -0.369 e. The number of hydrogen-bond donors (Lipinski definition) is 1. The molecule has 2 aromatic rings. The molecule has 1 heterocycles. The van der Waals surface area contributed by atoms with Crippen molar-refractivity contribution in [1.82, 2.24) is 0 Å². The Morgan fingerprint density at radius 1 is 1.00 bits per heavy atom. The van der Waals surface area contributed by atoms with Crippen LogP contribution < -0.4 is 10.2 Å². The highest BCUT2D eigenvalue weighted by molar-refractivity contribution is 6.34. The lowest BCUT2D eigenvalue weighted by atomic mass is 10.1. The van der Waals surface area contributed by atoms with Crippen LogP contribution in [0.3, 0.4) is 0 Å². The van der Waals surface area contributed by atoms with Gasteiger partial charge in [-0.1, -0.05) is 41.4 Å². The molecule has 1 N–H and O–H groups in total. The van der Waals surface area contributed by atoms with Crippen molar-refractivity contribution >= 4 is 40.5 Å². The zero-order chi connectivity index (χ0) is 16.9. The minimum atomic E-state index is -0.0575. The topological polar surface area (TPSA) is 32.3 Å². The molecule has 0 atom stereocenters. The van der Waals surface area contributed by atoms with Gasteiger partial charge in [-0.2, -0.15) is 0 Å². The van der Waals surface area contributed by atoms with Crippen molar-refractivity contribution in [3.8, 4) is 0 Å². The third kappa shape index (κ3) is 4.22. The first kappa shape index (κ1) is 17.1. The summed E-state index contributed by atoms with van der Waals surface area (Å²) >= 11 is 12.3. The summed E-state index contributed by atoms with van der Waals surface area (Å²) in [4.78, 5) is 14.7. The zero-order valence-corrected chi connectivity index (χ0v) is 14.9. The number of halogens is 2. The van der Waals surface area contributed by atoms with Crippen LogP contribution in [0.1, 0.15) is 24.8 Å². The van der Waals surface area contributed by atoms with Crippen LogP contribution in [0.25, 0.3) is 0 Å². The molecular weight excluding hydrogens is 343 g/mol. The van der Waals surface area contributed by atoms with Gasteiger partial charge in [0, 0.05) is 18.1 Å². The molecule has 0 aromatic heterocycles. The van der Waals surface area contributed by atoms with Crippen molar-refractivity contribution in [1.29, 1.82) is 0 Å². The van der Waals surface area contributed by atoms with E-state index >= 15 is 0 Å². The molecule has 1 aliphatic rings. The summed E-state index contributed by atoms with van der Waals surface area (Å²) in [6, 6.07) is 13.0. The Balaban J connectivity index is 1.75. The minimum absolute atomic E-state index is 0.0575. The molecule has 0 bridgehead atoms. The monoisotopic (exact) mass is 362 g/mol. The van der Waals surface area contributed by atoms with E-state index in [1.165, 1.54) is 6.42 Å². The van der Waals surface area contributed by atoms with Crippen molar-refractivity contribution < 1.29 is 4.79 Å². The van der Waals surface area contributed by atoms with E-state index in [1.54, 1.807) is 12.1 Å². The number of hydrogen-bond acceptors (Lipinski definition) is 2. The Kier molecular flexibility index (Phi) is 5.64. The number of amides is 1. The van der Waals surface area contributed by atoms with Crippen molar-refractivity contribution in [3.63, 3.8) is 0 Å². The van der Waals surface area contributed by atoms with Crippen molar-refractivity contribution in [2.24, 2.45) is 0 Å². The molecule has 0 spiro atoms. The van der Waals surface area contributed by atoms with E-state index in [0.29, 0.717) is 16.5 Å². The highest BCUT2D eigenvalue weighted by Crippen LogP contribution is 2.35. The lowest BCUT2D eigenvalue weighted by Crippen LogP contribution is -2.30. The maximum absolute atomic E-state index is 12.4. The summed E-state index contributed by atoms with van der Waals surface area (Å²) in [6.45, 7) is 1.95. The van der Waals surface area contributed by atoms with Crippen LogP contribution in [0.15, 0.2) is 42.5 Å². The number of carbonyl (C=O) groups is 1. The van der Waals surface area contributed by atoms with Gasteiger partial charge in [0.2, 0.25) is 5.91 Å². The average Bonchev–Trinajstić information content (AvgIpc) is 2.58. The third-order valence-electron chi connectivity index (χ3n) is 4.21. The van der Waals surface area contributed by atoms with Crippen molar-refractivity contribution in [2.45, 2.75) is 25.7 Å². The van der Waals surface area contributed by atoms with Crippen LogP contribution in [0.4, 0.5) is 11.4 Å². The first-order valence-electron chi connectivity index (χ1n) is 8.21. The van der Waals surface area contributed by atoms with E-state index in [0.717, 1.165) is 42.9 Å². The Hall–Kier alpha value is -1.71. The molecule has 0 unspecified atom stereocenters. The normalized spacial score (nSPS) is 14.5. The molecule has 2 aromatic carbocycles. The van der Waals surface area contributed by atoms with Gasteiger partial charge in [0.1, 0.15) is 0 Å². The molecule has 3 nitrogen and oxygen atoms in total. The number of benzene rings is 2. The maximum atomic E-state index is 12.4. The molecular formula is C19H20Cl2N2O. The Bertz CT molecular complexity index is 710. The second-order valence-electron chi connectivity index (χ2n) is 6.04. The molecule has 126 valence electrons. The van der Waals surface area contributed by atoms with Gasteiger partial charge in [-0.05, 0) is 49.1 Å². The molecule has 5 heteroatoms. The van der Waals surface area contributed by atoms with Gasteiger partial charge in [0.25, 0.3) is 0 Å². The maximum Gasteiger partial charge on any atom is 0.228 e. The van der Waals surface area contributed by atoms with E-state index in [-0.39, 0.29) is 5.91 Å². The summed E-state index contributed by atoms with van der Waals surface area (Å²) in [7, 11) is 0. The summed E-state index contributed by atoms with van der Waals surface area (Å²) in [5.41, 5.74) is 2.64. The molecule has 0 saturated carbocycles. The van der Waals surface area contributed by atoms with Crippen LogP contribution in [0, 0.1) is 0 Å². The van der Waals surface area contributed by atoms with Crippen LogP contribution in [0.5, 0.6) is 0 Å². The highest BCUT2D eigenvalue weighted by Gasteiger charge is 2.18.